The third kappa shape index (κ3) is 3.65. The first-order valence-electron chi connectivity index (χ1n) is 8.28. The summed E-state index contributed by atoms with van der Waals surface area (Å²) in [4.78, 5) is 25.2. The molecule has 0 radical (unpaired) electrons. The Morgan fingerprint density at radius 1 is 1.33 bits per heavy atom. The normalized spacial score (nSPS) is 11.9. The van der Waals surface area contributed by atoms with Crippen LogP contribution in [0.5, 0.6) is 0 Å². The minimum absolute atomic E-state index is 0.173. The van der Waals surface area contributed by atoms with Crippen LogP contribution in [0.3, 0.4) is 0 Å². The van der Waals surface area contributed by atoms with Crippen LogP contribution in [-0.2, 0) is 15.1 Å². The molecule has 0 aliphatic carbocycles. The highest BCUT2D eigenvalue weighted by Gasteiger charge is 2.31. The topological polar surface area (TPSA) is 129 Å². The summed E-state index contributed by atoms with van der Waals surface area (Å²) in [6, 6.07) is 5.47. The molecule has 1 amide bonds. The lowest BCUT2D eigenvalue weighted by molar-refractivity contribution is -0.146. The Labute approximate surface area is 155 Å². The fraction of sp³-hybridized carbons (Fsp3) is 0.353. The number of hydrogen-bond donors (Lipinski definition) is 3. The molecule has 0 aliphatic rings. The monoisotopic (exact) mass is 371 g/mol. The van der Waals surface area contributed by atoms with E-state index in [0.29, 0.717) is 11.5 Å². The molecular weight excluding hydrogens is 350 g/mol. The fourth-order valence-electron chi connectivity index (χ4n) is 2.49. The average Bonchev–Trinajstić information content (AvgIpc) is 3.21. The summed E-state index contributed by atoms with van der Waals surface area (Å²) in [6.45, 7) is 3.34. The molecule has 2 heterocycles. The number of nitrogens with zero attached hydrogens (tertiary/aromatic N) is 5. The molecule has 0 fully saturated rings. The molecule has 3 aromatic rings. The van der Waals surface area contributed by atoms with E-state index in [2.05, 4.69) is 25.8 Å². The number of carboxylic acid groups (broad SMARTS) is 1. The summed E-state index contributed by atoms with van der Waals surface area (Å²) in [5.41, 5.74) is 0.811. The van der Waals surface area contributed by atoms with E-state index in [4.69, 9.17) is 0 Å². The van der Waals surface area contributed by atoms with Gasteiger partial charge in [0.25, 0.3) is 0 Å². The van der Waals surface area contributed by atoms with E-state index in [1.807, 2.05) is 32.3 Å². The number of likely N-dealkylation sites (N-methyl/N-ethyl adjacent to an activating group) is 1. The van der Waals surface area contributed by atoms with Gasteiger partial charge in [0.2, 0.25) is 5.91 Å². The van der Waals surface area contributed by atoms with Crippen LogP contribution in [0.1, 0.15) is 13.8 Å². The highest BCUT2D eigenvalue weighted by atomic mass is 16.4. The first-order valence-corrected chi connectivity index (χ1v) is 8.28. The van der Waals surface area contributed by atoms with E-state index >= 15 is 0 Å². The molecular formula is C17H21N7O3. The van der Waals surface area contributed by atoms with Crippen molar-refractivity contribution in [1.82, 2.24) is 30.1 Å². The van der Waals surface area contributed by atoms with Crippen LogP contribution < -0.4 is 5.32 Å². The number of carboxylic acids is 1. The van der Waals surface area contributed by atoms with Gasteiger partial charge >= 0.3 is 5.97 Å². The first kappa shape index (κ1) is 18.5. The number of benzene rings is 1. The van der Waals surface area contributed by atoms with E-state index in [-0.39, 0.29) is 12.5 Å². The molecule has 1 aromatic carbocycles. The van der Waals surface area contributed by atoms with Crippen molar-refractivity contribution in [2.45, 2.75) is 19.4 Å². The Hall–Kier alpha value is -3.27. The molecule has 0 saturated heterocycles. The Morgan fingerprint density at radius 2 is 2.07 bits per heavy atom. The van der Waals surface area contributed by atoms with E-state index in [0.717, 1.165) is 16.5 Å². The molecule has 0 aliphatic heterocycles. The molecule has 142 valence electrons. The summed E-state index contributed by atoms with van der Waals surface area (Å²) >= 11 is 0. The van der Waals surface area contributed by atoms with Gasteiger partial charge in [-0.2, -0.15) is 5.10 Å². The van der Waals surface area contributed by atoms with Gasteiger partial charge in [-0.1, -0.05) is 11.3 Å². The van der Waals surface area contributed by atoms with Crippen molar-refractivity contribution in [1.29, 1.82) is 0 Å². The smallest absolute Gasteiger partial charge is 0.331 e. The number of anilines is 1. The summed E-state index contributed by atoms with van der Waals surface area (Å²) < 4.78 is 1.31. The second kappa shape index (κ2) is 6.80. The SMILES string of the molecule is CN(C)CC(=O)Nc1n[nH]c2ccc(-c3cn(C(C)(C)C(=O)O)nn3)cc12. The summed E-state index contributed by atoms with van der Waals surface area (Å²) in [5, 5.41) is 27.9. The molecule has 0 saturated carbocycles. The highest BCUT2D eigenvalue weighted by molar-refractivity contribution is 6.01. The van der Waals surface area contributed by atoms with Crippen molar-refractivity contribution < 1.29 is 14.7 Å². The number of aliphatic carboxylic acids is 1. The molecule has 3 N–H and O–H groups in total. The van der Waals surface area contributed by atoms with Gasteiger partial charge in [-0.25, -0.2) is 9.48 Å². The van der Waals surface area contributed by atoms with Crippen molar-refractivity contribution in [2.75, 3.05) is 26.0 Å². The molecule has 0 spiro atoms. The number of aromatic nitrogens is 5. The van der Waals surface area contributed by atoms with E-state index in [1.165, 1.54) is 4.68 Å². The Kier molecular flexibility index (Phi) is 4.66. The zero-order valence-electron chi connectivity index (χ0n) is 15.5. The van der Waals surface area contributed by atoms with Crippen LogP contribution in [0.2, 0.25) is 0 Å². The van der Waals surface area contributed by atoms with Gasteiger partial charge in [-0.05, 0) is 40.1 Å². The predicted molar refractivity (Wildman–Crippen MR) is 99.3 cm³/mol. The molecule has 10 heteroatoms. The third-order valence-corrected chi connectivity index (χ3v) is 4.17. The summed E-state index contributed by atoms with van der Waals surface area (Å²) in [5.74, 6) is -0.750. The Balaban J connectivity index is 1.93. The van der Waals surface area contributed by atoms with E-state index in [9.17, 15) is 14.7 Å². The van der Waals surface area contributed by atoms with Crippen molar-refractivity contribution in [3.8, 4) is 11.3 Å². The quantitative estimate of drug-likeness (QED) is 0.592. The Morgan fingerprint density at radius 3 is 2.74 bits per heavy atom. The van der Waals surface area contributed by atoms with Crippen LogP contribution in [0.15, 0.2) is 24.4 Å². The maximum Gasteiger partial charge on any atom is 0.331 e. The number of fused-ring (bicyclic) bond motifs is 1. The number of hydrogen-bond acceptors (Lipinski definition) is 6. The standard InChI is InChI=1S/C17H21N7O3/c1-17(2,16(26)27)24-8-13(20-22-24)10-5-6-12-11(7-10)15(21-19-12)18-14(25)9-23(3)4/h5-8H,9H2,1-4H3,(H,26,27)(H2,18,19,21,25). The van der Waals surface area contributed by atoms with Crippen molar-refractivity contribution in [2.24, 2.45) is 0 Å². The number of carbonyl (C=O) groups excluding carboxylic acids is 1. The fourth-order valence-corrected chi connectivity index (χ4v) is 2.49. The van der Waals surface area contributed by atoms with Gasteiger partial charge in [0.05, 0.1) is 18.3 Å². The minimum Gasteiger partial charge on any atom is -0.479 e. The van der Waals surface area contributed by atoms with Crippen molar-refractivity contribution in [3.63, 3.8) is 0 Å². The van der Waals surface area contributed by atoms with Crippen molar-refractivity contribution in [3.05, 3.63) is 24.4 Å². The van der Waals surface area contributed by atoms with Crippen LogP contribution in [0, 0.1) is 0 Å². The second-order valence-electron chi connectivity index (χ2n) is 7.03. The van der Waals surface area contributed by atoms with Gasteiger partial charge in [0.1, 0.15) is 5.69 Å². The van der Waals surface area contributed by atoms with Gasteiger partial charge < -0.3 is 15.3 Å². The maximum absolute atomic E-state index is 12.0. The molecule has 0 bridgehead atoms. The summed E-state index contributed by atoms with van der Waals surface area (Å²) in [6.07, 6.45) is 1.58. The average molecular weight is 371 g/mol. The lowest BCUT2D eigenvalue weighted by Crippen LogP contribution is -2.36. The van der Waals surface area contributed by atoms with Gasteiger partial charge in [0, 0.05) is 10.9 Å². The van der Waals surface area contributed by atoms with E-state index < -0.39 is 11.5 Å². The molecule has 0 atom stereocenters. The van der Waals surface area contributed by atoms with Crippen molar-refractivity contribution >= 4 is 28.6 Å². The van der Waals surface area contributed by atoms with Gasteiger partial charge in [-0.15, -0.1) is 5.10 Å². The molecule has 27 heavy (non-hydrogen) atoms. The number of rotatable bonds is 6. The number of H-pyrrole nitrogens is 1. The van der Waals surface area contributed by atoms with E-state index in [1.54, 1.807) is 24.9 Å². The molecule has 3 rings (SSSR count). The number of aromatic amines is 1. The van der Waals surface area contributed by atoms with Crippen LogP contribution in [-0.4, -0.2) is 67.7 Å². The van der Waals surface area contributed by atoms with Gasteiger partial charge in [-0.3, -0.25) is 9.89 Å². The second-order valence-corrected chi connectivity index (χ2v) is 7.03. The third-order valence-electron chi connectivity index (χ3n) is 4.17. The minimum atomic E-state index is -1.21. The van der Waals surface area contributed by atoms with Gasteiger partial charge in [0.15, 0.2) is 11.4 Å². The zero-order valence-corrected chi connectivity index (χ0v) is 15.5. The first-order chi connectivity index (χ1) is 12.7. The lowest BCUT2D eigenvalue weighted by Gasteiger charge is -2.18. The lowest BCUT2D eigenvalue weighted by atomic mass is 10.1. The molecule has 0 unspecified atom stereocenters. The van der Waals surface area contributed by atoms with Crippen LogP contribution in [0.25, 0.3) is 22.2 Å². The number of carbonyl (C=O) groups is 2. The number of nitrogens with one attached hydrogen (secondary N) is 2. The number of amides is 1. The largest absolute Gasteiger partial charge is 0.479 e. The zero-order chi connectivity index (χ0) is 19.8. The molecule has 2 aromatic heterocycles. The Bertz CT molecular complexity index is 1000. The predicted octanol–water partition coefficient (Wildman–Crippen LogP) is 1.14. The molecule has 10 nitrogen and oxygen atoms in total. The van der Waals surface area contributed by atoms with Crippen LogP contribution in [0.4, 0.5) is 5.82 Å². The maximum atomic E-state index is 12.0. The summed E-state index contributed by atoms with van der Waals surface area (Å²) in [7, 11) is 3.62. The van der Waals surface area contributed by atoms with Crippen LogP contribution >= 0.6 is 0 Å². The highest BCUT2D eigenvalue weighted by Crippen LogP contribution is 2.27.